The highest BCUT2D eigenvalue weighted by atomic mass is 16.5. The van der Waals surface area contributed by atoms with Crippen molar-refractivity contribution in [1.29, 1.82) is 0 Å². The van der Waals surface area contributed by atoms with Crippen LogP contribution >= 0.6 is 0 Å². The summed E-state index contributed by atoms with van der Waals surface area (Å²) in [6.45, 7) is 4.95. The van der Waals surface area contributed by atoms with E-state index in [-0.39, 0.29) is 18.5 Å². The Bertz CT molecular complexity index is 1150. The molecule has 0 aromatic heterocycles. The quantitative estimate of drug-likeness (QED) is 0.0320. The number of aliphatic hydroxyl groups is 2. The molecule has 2 atom stereocenters. The molecule has 0 saturated heterocycles. The summed E-state index contributed by atoms with van der Waals surface area (Å²) in [6.07, 6.45) is 79.5. The number of amides is 1. The molecule has 0 aromatic carbocycles. The number of hydrogen-bond donors (Lipinski definition) is 3. The van der Waals surface area contributed by atoms with E-state index in [1.54, 1.807) is 0 Å². The molecule has 0 aliphatic carbocycles. The summed E-state index contributed by atoms with van der Waals surface area (Å²) in [5.41, 5.74) is 0. The summed E-state index contributed by atoms with van der Waals surface area (Å²) >= 11 is 0. The lowest BCUT2D eigenvalue weighted by Crippen LogP contribution is -2.45. The number of esters is 1. The normalized spacial score (nSPS) is 12.6. The third-order valence-corrected chi connectivity index (χ3v) is 15.7. The first-order valence-corrected chi connectivity index (χ1v) is 33.6. The fourth-order valence-corrected chi connectivity index (χ4v) is 10.6. The molecule has 0 saturated carbocycles. The van der Waals surface area contributed by atoms with Gasteiger partial charge >= 0.3 is 5.97 Å². The fraction of sp³-hybridized carbons (Fsp3) is 0.912. The topological polar surface area (TPSA) is 95.9 Å². The maximum atomic E-state index is 12.4. The number of rotatable bonds is 63. The van der Waals surface area contributed by atoms with Crippen molar-refractivity contribution in [2.45, 2.75) is 386 Å². The molecule has 6 nitrogen and oxygen atoms in total. The Kier molecular flexibility index (Phi) is 62.4. The minimum atomic E-state index is -0.659. The fourth-order valence-electron chi connectivity index (χ4n) is 10.6. The second-order valence-corrected chi connectivity index (χ2v) is 23.1. The molecular weight excluding hydrogens is 911 g/mol. The molecule has 0 aliphatic rings. The molecule has 438 valence electrons. The lowest BCUT2D eigenvalue weighted by Gasteiger charge is -2.22. The summed E-state index contributed by atoms with van der Waals surface area (Å²) < 4.78 is 5.49. The molecule has 0 spiro atoms. The standard InChI is InChI=1S/C68H131NO5/c1-3-5-7-9-11-13-14-15-16-36-39-42-46-50-54-58-62-68(73)74-63-59-55-51-47-43-40-37-34-32-30-28-26-24-22-20-18-17-19-21-23-25-27-29-31-33-35-38-41-45-49-53-57-61-67(72)69-65(64-70)66(71)60-56-52-48-44-12-10-8-6-4-2/h16,20,22,36,65-66,70-71H,3-15,17-19,21,23-35,37-64H2,1-2H3,(H,69,72)/b22-20-,36-16-. The summed E-state index contributed by atoms with van der Waals surface area (Å²) in [7, 11) is 0. The molecule has 0 aliphatic heterocycles. The molecule has 0 bridgehead atoms. The zero-order valence-corrected chi connectivity index (χ0v) is 50.1. The van der Waals surface area contributed by atoms with Crippen LogP contribution < -0.4 is 5.32 Å². The van der Waals surface area contributed by atoms with Gasteiger partial charge in [-0.05, 0) is 77.0 Å². The van der Waals surface area contributed by atoms with Gasteiger partial charge in [0.1, 0.15) is 0 Å². The van der Waals surface area contributed by atoms with Crippen LogP contribution in [0, 0.1) is 0 Å². The highest BCUT2D eigenvalue weighted by molar-refractivity contribution is 5.76. The number of nitrogens with one attached hydrogen (secondary N) is 1. The van der Waals surface area contributed by atoms with Gasteiger partial charge in [-0.15, -0.1) is 0 Å². The predicted octanol–water partition coefficient (Wildman–Crippen LogP) is 21.4. The van der Waals surface area contributed by atoms with Crippen molar-refractivity contribution >= 4 is 11.9 Å². The van der Waals surface area contributed by atoms with Gasteiger partial charge in [0.15, 0.2) is 0 Å². The van der Waals surface area contributed by atoms with Gasteiger partial charge in [0.05, 0.1) is 25.4 Å². The van der Waals surface area contributed by atoms with Crippen LogP contribution in [0.15, 0.2) is 24.3 Å². The molecule has 1 amide bonds. The summed E-state index contributed by atoms with van der Waals surface area (Å²) in [5, 5.41) is 23.1. The number of aliphatic hydroxyl groups excluding tert-OH is 2. The summed E-state index contributed by atoms with van der Waals surface area (Å²) in [4.78, 5) is 24.5. The number of allylic oxidation sites excluding steroid dienone is 4. The maximum Gasteiger partial charge on any atom is 0.305 e. The minimum absolute atomic E-state index is 0.0112. The number of hydrogen-bond acceptors (Lipinski definition) is 5. The number of ether oxygens (including phenoxy) is 1. The number of unbranched alkanes of at least 4 members (excludes halogenated alkanes) is 48. The van der Waals surface area contributed by atoms with Crippen molar-refractivity contribution in [2.75, 3.05) is 13.2 Å². The Labute approximate surface area is 462 Å². The smallest absolute Gasteiger partial charge is 0.305 e. The van der Waals surface area contributed by atoms with Crippen LogP contribution in [0.5, 0.6) is 0 Å². The first-order chi connectivity index (χ1) is 36.5. The molecule has 0 rings (SSSR count). The Morgan fingerprint density at radius 1 is 0.365 bits per heavy atom. The lowest BCUT2D eigenvalue weighted by atomic mass is 10.0. The first kappa shape index (κ1) is 72.3. The van der Waals surface area contributed by atoms with E-state index in [4.69, 9.17) is 4.74 Å². The Morgan fingerprint density at radius 2 is 0.635 bits per heavy atom. The zero-order chi connectivity index (χ0) is 53.6. The molecule has 74 heavy (non-hydrogen) atoms. The largest absolute Gasteiger partial charge is 0.466 e. The second-order valence-electron chi connectivity index (χ2n) is 23.1. The van der Waals surface area contributed by atoms with Crippen LogP contribution in [0.2, 0.25) is 0 Å². The van der Waals surface area contributed by atoms with E-state index in [2.05, 4.69) is 43.5 Å². The van der Waals surface area contributed by atoms with Gasteiger partial charge in [-0.3, -0.25) is 9.59 Å². The molecule has 6 heteroatoms. The van der Waals surface area contributed by atoms with Crippen LogP contribution in [0.25, 0.3) is 0 Å². The summed E-state index contributed by atoms with van der Waals surface area (Å²) in [5.74, 6) is -0.0222. The molecular formula is C68H131NO5. The van der Waals surface area contributed by atoms with E-state index in [1.807, 2.05) is 0 Å². The Balaban J connectivity index is 3.32. The van der Waals surface area contributed by atoms with Gasteiger partial charge in [0.2, 0.25) is 5.91 Å². The molecule has 0 aromatic rings. The monoisotopic (exact) mass is 1040 g/mol. The molecule has 0 fully saturated rings. The van der Waals surface area contributed by atoms with Crippen molar-refractivity contribution in [3.8, 4) is 0 Å². The van der Waals surface area contributed by atoms with Gasteiger partial charge in [0, 0.05) is 12.8 Å². The second kappa shape index (κ2) is 63.9. The van der Waals surface area contributed by atoms with Crippen LogP contribution in [0.1, 0.15) is 373 Å². The van der Waals surface area contributed by atoms with E-state index < -0.39 is 12.1 Å². The lowest BCUT2D eigenvalue weighted by molar-refractivity contribution is -0.143. The van der Waals surface area contributed by atoms with Crippen molar-refractivity contribution in [3.63, 3.8) is 0 Å². The van der Waals surface area contributed by atoms with Crippen LogP contribution in [-0.2, 0) is 14.3 Å². The van der Waals surface area contributed by atoms with Crippen molar-refractivity contribution in [1.82, 2.24) is 5.32 Å². The van der Waals surface area contributed by atoms with Gasteiger partial charge in [-0.1, -0.05) is 308 Å². The van der Waals surface area contributed by atoms with Crippen LogP contribution in [0.3, 0.4) is 0 Å². The van der Waals surface area contributed by atoms with E-state index in [0.29, 0.717) is 25.9 Å². The maximum absolute atomic E-state index is 12.4. The first-order valence-electron chi connectivity index (χ1n) is 33.6. The van der Waals surface area contributed by atoms with Gasteiger partial charge in [0.25, 0.3) is 0 Å². The highest BCUT2D eigenvalue weighted by Crippen LogP contribution is 2.18. The number of carbonyl (C=O) groups excluding carboxylic acids is 2. The van der Waals surface area contributed by atoms with E-state index in [0.717, 1.165) is 44.9 Å². The Hall–Kier alpha value is -1.66. The molecule has 2 unspecified atom stereocenters. The average Bonchev–Trinajstić information content (AvgIpc) is 3.40. The molecule has 0 radical (unpaired) electrons. The molecule has 0 heterocycles. The zero-order valence-electron chi connectivity index (χ0n) is 50.1. The molecule has 3 N–H and O–H groups in total. The minimum Gasteiger partial charge on any atom is -0.466 e. The number of carbonyl (C=O) groups is 2. The van der Waals surface area contributed by atoms with E-state index >= 15 is 0 Å². The Morgan fingerprint density at radius 3 is 0.959 bits per heavy atom. The van der Waals surface area contributed by atoms with E-state index in [1.165, 1.54) is 295 Å². The van der Waals surface area contributed by atoms with Crippen molar-refractivity contribution < 1.29 is 24.5 Å². The van der Waals surface area contributed by atoms with E-state index in [9.17, 15) is 19.8 Å². The third-order valence-electron chi connectivity index (χ3n) is 15.7. The van der Waals surface area contributed by atoms with Crippen molar-refractivity contribution in [2.24, 2.45) is 0 Å². The van der Waals surface area contributed by atoms with Gasteiger partial charge in [-0.2, -0.15) is 0 Å². The van der Waals surface area contributed by atoms with Crippen molar-refractivity contribution in [3.05, 3.63) is 24.3 Å². The predicted molar refractivity (Wildman–Crippen MR) is 324 cm³/mol. The SMILES string of the molecule is CCCCCCCCC/C=C\CCCCCCCC(=O)OCCCCCCCCCCCCCC/C=C\CCCCCCCCCCCCCCCCCCC(=O)NC(CO)C(O)CCCCCCCCCCC. The average molecular weight is 1040 g/mol. The summed E-state index contributed by atoms with van der Waals surface area (Å²) in [6, 6.07) is -0.537. The van der Waals surface area contributed by atoms with Gasteiger partial charge in [-0.25, -0.2) is 0 Å². The van der Waals surface area contributed by atoms with Crippen LogP contribution in [-0.4, -0.2) is 47.4 Å². The van der Waals surface area contributed by atoms with Crippen LogP contribution in [0.4, 0.5) is 0 Å². The third kappa shape index (κ3) is 59.6. The van der Waals surface area contributed by atoms with Gasteiger partial charge < -0.3 is 20.3 Å². The highest BCUT2D eigenvalue weighted by Gasteiger charge is 2.20.